The second kappa shape index (κ2) is 4.17. The molecule has 2 rings (SSSR count). The summed E-state index contributed by atoms with van der Waals surface area (Å²) in [5.41, 5.74) is 4.92. The Labute approximate surface area is 103 Å². The molecular formula is C15H21NO. The average Bonchev–Trinajstić information content (AvgIpc) is 2.64. The number of rotatable bonds is 2. The summed E-state index contributed by atoms with van der Waals surface area (Å²) in [7, 11) is 0. The van der Waals surface area contributed by atoms with Gasteiger partial charge in [0.15, 0.2) is 5.78 Å². The van der Waals surface area contributed by atoms with Crippen LogP contribution in [0, 0.1) is 5.41 Å². The van der Waals surface area contributed by atoms with E-state index in [1.54, 1.807) is 6.92 Å². The molecule has 0 unspecified atom stereocenters. The predicted octanol–water partition coefficient (Wildman–Crippen LogP) is 4.20. The van der Waals surface area contributed by atoms with E-state index in [1.165, 1.54) is 24.0 Å². The van der Waals surface area contributed by atoms with Crippen LogP contribution in [0.25, 0.3) is 5.57 Å². The van der Waals surface area contributed by atoms with Crippen molar-refractivity contribution in [3.63, 3.8) is 0 Å². The van der Waals surface area contributed by atoms with Crippen LogP contribution in [0.15, 0.2) is 18.0 Å². The first kappa shape index (κ1) is 12.2. The number of H-pyrrole nitrogens is 1. The van der Waals surface area contributed by atoms with Crippen molar-refractivity contribution in [2.45, 2.75) is 47.0 Å². The van der Waals surface area contributed by atoms with Gasteiger partial charge < -0.3 is 4.98 Å². The maximum Gasteiger partial charge on any atom is 0.161 e. The summed E-state index contributed by atoms with van der Waals surface area (Å²) in [6.45, 7) is 8.40. The molecule has 1 N–H and O–H groups in total. The Hall–Kier alpha value is -1.31. The monoisotopic (exact) mass is 231 g/mol. The van der Waals surface area contributed by atoms with Gasteiger partial charge in [-0.05, 0) is 44.1 Å². The first-order valence-electron chi connectivity index (χ1n) is 6.32. The summed E-state index contributed by atoms with van der Waals surface area (Å²) >= 11 is 0. The number of hydrogen-bond acceptors (Lipinski definition) is 1. The minimum absolute atomic E-state index is 0.142. The molecule has 0 bridgehead atoms. The number of carbonyl (C=O) groups excluding carboxylic acids is 1. The molecule has 1 aliphatic carbocycles. The van der Waals surface area contributed by atoms with Crippen LogP contribution in [-0.2, 0) is 0 Å². The third kappa shape index (κ3) is 2.08. The zero-order chi connectivity index (χ0) is 12.6. The van der Waals surface area contributed by atoms with Crippen LogP contribution >= 0.6 is 0 Å². The van der Waals surface area contributed by atoms with Gasteiger partial charge in [-0.25, -0.2) is 0 Å². The van der Waals surface area contributed by atoms with Crippen LogP contribution < -0.4 is 0 Å². The van der Waals surface area contributed by atoms with Crippen LogP contribution in [0.1, 0.15) is 62.9 Å². The number of nitrogens with one attached hydrogen (secondary N) is 1. The van der Waals surface area contributed by atoms with Gasteiger partial charge in [0.05, 0.1) is 0 Å². The average molecular weight is 231 g/mol. The summed E-state index contributed by atoms with van der Waals surface area (Å²) in [4.78, 5) is 14.7. The molecule has 0 radical (unpaired) electrons. The number of aromatic nitrogens is 1. The van der Waals surface area contributed by atoms with E-state index in [9.17, 15) is 4.79 Å². The molecule has 2 nitrogen and oxygen atoms in total. The zero-order valence-electron chi connectivity index (χ0n) is 11.2. The first-order valence-corrected chi connectivity index (χ1v) is 6.32. The summed E-state index contributed by atoms with van der Waals surface area (Å²) in [6, 6.07) is 0. The van der Waals surface area contributed by atoms with E-state index in [4.69, 9.17) is 0 Å². The van der Waals surface area contributed by atoms with Crippen molar-refractivity contribution in [1.29, 1.82) is 0 Å². The molecular weight excluding hydrogens is 210 g/mol. The lowest BCUT2D eigenvalue weighted by molar-refractivity contribution is 0.101. The summed E-state index contributed by atoms with van der Waals surface area (Å²) in [5, 5.41) is 0. The van der Waals surface area contributed by atoms with Gasteiger partial charge in [-0.2, -0.15) is 0 Å². The third-order valence-corrected chi connectivity index (χ3v) is 3.85. The summed E-state index contributed by atoms with van der Waals surface area (Å²) in [5.74, 6) is 0.142. The van der Waals surface area contributed by atoms with Gasteiger partial charge in [-0.1, -0.05) is 19.4 Å². The molecule has 17 heavy (non-hydrogen) atoms. The molecule has 0 atom stereocenters. The Bertz CT molecular complexity index is 477. The molecule has 0 aromatic carbocycles. The highest BCUT2D eigenvalue weighted by molar-refractivity contribution is 5.99. The predicted molar refractivity (Wildman–Crippen MR) is 71.0 cm³/mol. The van der Waals surface area contributed by atoms with E-state index >= 15 is 0 Å². The fraction of sp³-hybridized carbons (Fsp3) is 0.533. The van der Waals surface area contributed by atoms with E-state index < -0.39 is 0 Å². The van der Waals surface area contributed by atoms with E-state index in [0.717, 1.165) is 17.5 Å². The van der Waals surface area contributed by atoms with Crippen LogP contribution in [0.2, 0.25) is 0 Å². The molecule has 1 aliphatic rings. The van der Waals surface area contributed by atoms with E-state index in [2.05, 4.69) is 25.8 Å². The maximum absolute atomic E-state index is 11.6. The lowest BCUT2D eigenvalue weighted by atomic mass is 9.70. The number of Topliss-reactive ketones (excluding diaryl/α,β-unsaturated/α-hetero) is 1. The minimum Gasteiger partial charge on any atom is -0.366 e. The van der Waals surface area contributed by atoms with Crippen molar-refractivity contribution in [3.05, 3.63) is 29.1 Å². The summed E-state index contributed by atoms with van der Waals surface area (Å²) < 4.78 is 0. The van der Waals surface area contributed by atoms with Gasteiger partial charge in [0, 0.05) is 23.5 Å². The molecule has 0 saturated heterocycles. The highest BCUT2D eigenvalue weighted by Crippen LogP contribution is 2.46. The molecule has 0 amide bonds. The quantitative estimate of drug-likeness (QED) is 0.760. The highest BCUT2D eigenvalue weighted by atomic mass is 16.1. The number of allylic oxidation sites excluding steroid dienone is 2. The van der Waals surface area contributed by atoms with Gasteiger partial charge in [-0.15, -0.1) is 0 Å². The summed E-state index contributed by atoms with van der Waals surface area (Å²) in [6.07, 6.45) is 7.40. The standard InChI is InChI=1S/C15H21NO/c1-10-6-5-7-15(3,4)14(10)13-9-16-8-12(13)11(2)17/h8-9,16H,5-7H2,1-4H3. The molecule has 1 aromatic heterocycles. The van der Waals surface area contributed by atoms with Gasteiger partial charge >= 0.3 is 0 Å². The van der Waals surface area contributed by atoms with Crippen LogP contribution in [-0.4, -0.2) is 10.8 Å². The lowest BCUT2D eigenvalue weighted by Gasteiger charge is -2.34. The molecule has 0 spiro atoms. The number of hydrogen-bond donors (Lipinski definition) is 1. The lowest BCUT2D eigenvalue weighted by Crippen LogP contribution is -2.20. The van der Waals surface area contributed by atoms with Gasteiger partial charge in [0.2, 0.25) is 0 Å². The number of carbonyl (C=O) groups is 1. The van der Waals surface area contributed by atoms with Crippen LogP contribution in [0.4, 0.5) is 0 Å². The second-order valence-electron chi connectivity index (χ2n) is 5.73. The van der Waals surface area contributed by atoms with Gasteiger partial charge in [0.25, 0.3) is 0 Å². The molecule has 1 heterocycles. The zero-order valence-corrected chi connectivity index (χ0v) is 11.2. The minimum atomic E-state index is 0.142. The maximum atomic E-state index is 11.6. The Morgan fingerprint density at radius 1 is 1.35 bits per heavy atom. The molecule has 0 fully saturated rings. The largest absolute Gasteiger partial charge is 0.366 e. The fourth-order valence-electron chi connectivity index (χ4n) is 3.08. The molecule has 92 valence electrons. The normalized spacial score (nSPS) is 19.5. The first-order chi connectivity index (χ1) is 7.93. The van der Waals surface area contributed by atoms with Crippen molar-refractivity contribution in [2.75, 3.05) is 0 Å². The van der Waals surface area contributed by atoms with E-state index in [1.807, 2.05) is 12.4 Å². The van der Waals surface area contributed by atoms with Crippen molar-refractivity contribution in [1.82, 2.24) is 4.98 Å². The van der Waals surface area contributed by atoms with E-state index in [-0.39, 0.29) is 11.2 Å². The van der Waals surface area contributed by atoms with Crippen molar-refractivity contribution < 1.29 is 4.79 Å². The van der Waals surface area contributed by atoms with E-state index in [0.29, 0.717) is 0 Å². The smallest absolute Gasteiger partial charge is 0.161 e. The number of ketones is 1. The fourth-order valence-corrected chi connectivity index (χ4v) is 3.08. The van der Waals surface area contributed by atoms with Crippen molar-refractivity contribution >= 4 is 11.4 Å². The molecule has 1 aromatic rings. The number of aromatic amines is 1. The Balaban J connectivity index is 2.58. The molecule has 2 heteroatoms. The SMILES string of the molecule is CC(=O)c1c[nH]cc1C1=C(C)CCCC1(C)C. The van der Waals surface area contributed by atoms with Gasteiger partial charge in [-0.3, -0.25) is 4.79 Å². The third-order valence-electron chi connectivity index (χ3n) is 3.85. The Morgan fingerprint density at radius 2 is 2.06 bits per heavy atom. The topological polar surface area (TPSA) is 32.9 Å². The van der Waals surface area contributed by atoms with Crippen LogP contribution in [0.5, 0.6) is 0 Å². The van der Waals surface area contributed by atoms with Crippen molar-refractivity contribution in [2.24, 2.45) is 5.41 Å². The van der Waals surface area contributed by atoms with Crippen molar-refractivity contribution in [3.8, 4) is 0 Å². The Morgan fingerprint density at radius 3 is 2.65 bits per heavy atom. The second-order valence-corrected chi connectivity index (χ2v) is 5.73. The molecule has 0 saturated carbocycles. The molecule has 0 aliphatic heterocycles. The highest BCUT2D eigenvalue weighted by Gasteiger charge is 2.31. The van der Waals surface area contributed by atoms with Gasteiger partial charge in [0.1, 0.15) is 0 Å². The Kier molecular flexibility index (Phi) is 2.98. The van der Waals surface area contributed by atoms with Crippen LogP contribution in [0.3, 0.4) is 0 Å².